The maximum Gasteiger partial charge on any atom is 0.275 e. The van der Waals surface area contributed by atoms with Crippen LogP contribution < -0.4 is 10.1 Å². The number of hydrogen-bond acceptors (Lipinski definition) is 4. The molecule has 1 aromatic heterocycles. The Morgan fingerprint density at radius 3 is 2.72 bits per heavy atom. The van der Waals surface area contributed by atoms with Crippen molar-refractivity contribution in [2.24, 2.45) is 0 Å². The van der Waals surface area contributed by atoms with Crippen LogP contribution in [0, 0.1) is 0 Å². The molecule has 2 rings (SSSR count). The van der Waals surface area contributed by atoms with Gasteiger partial charge in [0.15, 0.2) is 0 Å². The molecule has 6 heteroatoms. The van der Waals surface area contributed by atoms with Gasteiger partial charge in [0.2, 0.25) is 0 Å². The number of aromatic nitrogens is 2. The molecule has 5 nitrogen and oxygen atoms in total. The van der Waals surface area contributed by atoms with Crippen molar-refractivity contribution in [3.05, 3.63) is 47.0 Å². The predicted octanol–water partition coefficient (Wildman–Crippen LogP) is 2.50. The van der Waals surface area contributed by atoms with Crippen LogP contribution in [0.15, 0.2) is 41.3 Å². The summed E-state index contributed by atoms with van der Waals surface area (Å²) in [6.07, 6.45) is 2.87. The summed E-state index contributed by atoms with van der Waals surface area (Å²) >= 11 is 3.16. The summed E-state index contributed by atoms with van der Waals surface area (Å²) in [5, 5.41) is 2.72. The topological polar surface area (TPSA) is 64.1 Å². The van der Waals surface area contributed by atoms with Gasteiger partial charge in [-0.1, -0.05) is 12.1 Å². The van der Waals surface area contributed by atoms with Crippen molar-refractivity contribution < 1.29 is 9.53 Å². The van der Waals surface area contributed by atoms with Gasteiger partial charge in [-0.2, -0.15) is 0 Å². The molecule has 0 unspecified atom stereocenters. The molecule has 0 saturated heterocycles. The zero-order valence-electron chi connectivity index (χ0n) is 9.55. The molecule has 0 atom stereocenters. The van der Waals surface area contributed by atoms with Crippen LogP contribution in [-0.4, -0.2) is 23.0 Å². The average Bonchev–Trinajstić information content (AvgIpc) is 2.40. The zero-order valence-corrected chi connectivity index (χ0v) is 11.1. The minimum atomic E-state index is -0.334. The third-order valence-corrected chi connectivity index (χ3v) is 2.62. The molecular formula is C12H10BrN3O2. The van der Waals surface area contributed by atoms with Crippen molar-refractivity contribution in [1.29, 1.82) is 0 Å². The summed E-state index contributed by atoms with van der Waals surface area (Å²) in [4.78, 5) is 19.8. The first-order valence-electron chi connectivity index (χ1n) is 5.12. The Balaban J connectivity index is 2.18. The molecule has 92 valence electrons. The third-order valence-electron chi connectivity index (χ3n) is 2.21. The minimum absolute atomic E-state index is 0.240. The molecule has 0 spiro atoms. The van der Waals surface area contributed by atoms with Gasteiger partial charge in [0.05, 0.1) is 25.2 Å². The maximum absolute atomic E-state index is 11.9. The molecule has 0 aliphatic heterocycles. The van der Waals surface area contributed by atoms with E-state index in [1.807, 2.05) is 12.1 Å². The fourth-order valence-electron chi connectivity index (χ4n) is 1.36. The summed E-state index contributed by atoms with van der Waals surface area (Å²) in [6, 6.07) is 7.16. The number of carbonyl (C=O) groups excluding carboxylic acids is 1. The van der Waals surface area contributed by atoms with E-state index in [2.05, 4.69) is 31.2 Å². The fourth-order valence-corrected chi connectivity index (χ4v) is 1.57. The van der Waals surface area contributed by atoms with Crippen molar-refractivity contribution in [2.75, 3.05) is 12.4 Å². The number of anilines is 1. The Kier molecular flexibility index (Phi) is 3.88. The number of rotatable bonds is 3. The van der Waals surface area contributed by atoms with E-state index < -0.39 is 0 Å². The Hall–Kier alpha value is -1.95. The van der Waals surface area contributed by atoms with Gasteiger partial charge >= 0.3 is 0 Å². The lowest BCUT2D eigenvalue weighted by Crippen LogP contribution is -2.14. The predicted molar refractivity (Wildman–Crippen MR) is 70.7 cm³/mol. The van der Waals surface area contributed by atoms with Crippen molar-refractivity contribution in [1.82, 2.24) is 9.97 Å². The highest BCUT2D eigenvalue weighted by Crippen LogP contribution is 2.23. The number of nitrogens with zero attached hydrogens (tertiary/aromatic N) is 2. The number of nitrogens with one attached hydrogen (secondary N) is 1. The van der Waals surface area contributed by atoms with Crippen LogP contribution in [-0.2, 0) is 0 Å². The van der Waals surface area contributed by atoms with Crippen LogP contribution in [0.1, 0.15) is 10.5 Å². The van der Waals surface area contributed by atoms with Crippen LogP contribution in [0.5, 0.6) is 5.75 Å². The summed E-state index contributed by atoms with van der Waals surface area (Å²) in [7, 11) is 1.55. The normalized spacial score (nSPS) is 9.89. The van der Waals surface area contributed by atoms with Gasteiger partial charge in [-0.3, -0.25) is 4.79 Å². The van der Waals surface area contributed by atoms with Crippen molar-refractivity contribution in [3.8, 4) is 5.75 Å². The van der Waals surface area contributed by atoms with E-state index in [1.54, 1.807) is 19.2 Å². The number of hydrogen-bond donors (Lipinski definition) is 1. The summed E-state index contributed by atoms with van der Waals surface area (Å²) in [5.41, 5.74) is 0.832. The standard InChI is InChI=1S/C12H10BrN3O2/c1-18-10-5-3-2-4-8(10)16-12(17)9-6-15-11(13)7-14-9/h2-7H,1H3,(H,16,17). The second kappa shape index (κ2) is 5.59. The quantitative estimate of drug-likeness (QED) is 0.946. The number of methoxy groups -OCH3 is 1. The van der Waals surface area contributed by atoms with E-state index in [1.165, 1.54) is 12.4 Å². The number of amides is 1. The summed E-state index contributed by atoms with van der Waals surface area (Å²) < 4.78 is 5.72. The molecule has 0 fully saturated rings. The van der Waals surface area contributed by atoms with Crippen LogP contribution in [0.2, 0.25) is 0 Å². The SMILES string of the molecule is COc1ccccc1NC(=O)c1cnc(Br)cn1. The first-order chi connectivity index (χ1) is 8.70. The smallest absolute Gasteiger partial charge is 0.275 e. The largest absolute Gasteiger partial charge is 0.495 e. The molecule has 2 aromatic rings. The van der Waals surface area contributed by atoms with Gasteiger partial charge in [0.1, 0.15) is 16.0 Å². The molecule has 0 radical (unpaired) electrons. The molecule has 1 heterocycles. The molecule has 0 bridgehead atoms. The molecule has 0 saturated carbocycles. The maximum atomic E-state index is 11.9. The lowest BCUT2D eigenvalue weighted by Gasteiger charge is -2.09. The van der Waals surface area contributed by atoms with Crippen LogP contribution in [0.25, 0.3) is 0 Å². The van der Waals surface area contributed by atoms with Crippen molar-refractivity contribution >= 4 is 27.5 Å². The molecule has 1 N–H and O–H groups in total. The second-order valence-electron chi connectivity index (χ2n) is 3.38. The van der Waals surface area contributed by atoms with E-state index in [0.717, 1.165) is 0 Å². The van der Waals surface area contributed by atoms with Gasteiger partial charge < -0.3 is 10.1 Å². The van der Waals surface area contributed by atoms with E-state index >= 15 is 0 Å². The van der Waals surface area contributed by atoms with E-state index in [9.17, 15) is 4.79 Å². The second-order valence-corrected chi connectivity index (χ2v) is 4.19. The minimum Gasteiger partial charge on any atom is -0.495 e. The van der Waals surface area contributed by atoms with Crippen LogP contribution >= 0.6 is 15.9 Å². The number of benzene rings is 1. The monoisotopic (exact) mass is 307 g/mol. The Morgan fingerprint density at radius 1 is 1.28 bits per heavy atom. The summed E-state index contributed by atoms with van der Waals surface area (Å²) in [5.74, 6) is 0.260. The highest BCUT2D eigenvalue weighted by molar-refractivity contribution is 9.10. The van der Waals surface area contributed by atoms with Crippen LogP contribution in [0.3, 0.4) is 0 Å². The first-order valence-corrected chi connectivity index (χ1v) is 5.92. The zero-order chi connectivity index (χ0) is 13.0. The summed E-state index contributed by atoms with van der Waals surface area (Å²) in [6.45, 7) is 0. The van der Waals surface area contributed by atoms with Gasteiger partial charge in [0.25, 0.3) is 5.91 Å². The van der Waals surface area contributed by atoms with Crippen molar-refractivity contribution in [3.63, 3.8) is 0 Å². The van der Waals surface area contributed by atoms with E-state index in [0.29, 0.717) is 16.0 Å². The highest BCUT2D eigenvalue weighted by Gasteiger charge is 2.10. The van der Waals surface area contributed by atoms with E-state index in [4.69, 9.17) is 4.74 Å². The van der Waals surface area contributed by atoms with Gasteiger partial charge in [-0.15, -0.1) is 0 Å². The highest BCUT2D eigenvalue weighted by atomic mass is 79.9. The molecule has 0 aliphatic rings. The van der Waals surface area contributed by atoms with Crippen LogP contribution in [0.4, 0.5) is 5.69 Å². The van der Waals surface area contributed by atoms with Crippen molar-refractivity contribution in [2.45, 2.75) is 0 Å². The lowest BCUT2D eigenvalue weighted by atomic mass is 10.3. The molecule has 18 heavy (non-hydrogen) atoms. The number of halogens is 1. The molecular weight excluding hydrogens is 298 g/mol. The van der Waals surface area contributed by atoms with Gasteiger partial charge in [-0.25, -0.2) is 9.97 Å². The third kappa shape index (κ3) is 2.84. The Morgan fingerprint density at radius 2 is 2.06 bits per heavy atom. The first kappa shape index (κ1) is 12.5. The number of ether oxygens (including phenoxy) is 1. The fraction of sp³-hybridized carbons (Fsp3) is 0.0833. The molecule has 1 amide bonds. The lowest BCUT2D eigenvalue weighted by molar-refractivity contribution is 0.102. The molecule has 1 aromatic carbocycles. The molecule has 0 aliphatic carbocycles. The average molecular weight is 308 g/mol. The van der Waals surface area contributed by atoms with Gasteiger partial charge in [-0.05, 0) is 28.1 Å². The van der Waals surface area contributed by atoms with E-state index in [-0.39, 0.29) is 11.6 Å². The number of para-hydroxylation sites is 2. The number of carbonyl (C=O) groups is 1. The Labute approximate surface area is 112 Å². The van der Waals surface area contributed by atoms with Gasteiger partial charge in [0, 0.05) is 0 Å². The Bertz CT molecular complexity index is 558.